The summed E-state index contributed by atoms with van der Waals surface area (Å²) < 4.78 is 16.3. The summed E-state index contributed by atoms with van der Waals surface area (Å²) in [7, 11) is 1.27. The molecule has 6 heteroatoms. The van der Waals surface area contributed by atoms with Gasteiger partial charge in [-0.15, -0.1) is 0 Å². The molecule has 3 saturated heterocycles. The molecule has 2 bridgehead atoms. The summed E-state index contributed by atoms with van der Waals surface area (Å²) in [6.07, 6.45) is 3.16. The van der Waals surface area contributed by atoms with Gasteiger partial charge in [0.25, 0.3) is 11.5 Å². The van der Waals surface area contributed by atoms with E-state index < -0.39 is 17.3 Å². The number of fused-ring (bicyclic) bond motifs is 1. The van der Waals surface area contributed by atoms with Crippen LogP contribution in [0.1, 0.15) is 12.8 Å². The summed E-state index contributed by atoms with van der Waals surface area (Å²) >= 11 is 0. The highest BCUT2D eigenvalue weighted by Crippen LogP contribution is 2.56. The maximum absolute atomic E-state index is 12.4. The predicted octanol–water partition coefficient (Wildman–Crippen LogP) is -0.414. The van der Waals surface area contributed by atoms with Gasteiger partial charge in [0.1, 0.15) is 6.10 Å². The average molecular weight is 251 g/mol. The molecule has 0 aromatic heterocycles. The largest absolute Gasteiger partial charge is 0.466 e. The lowest BCUT2D eigenvalue weighted by Crippen LogP contribution is -2.57. The fourth-order valence-corrected chi connectivity index (χ4v) is 3.59. The topological polar surface area (TPSA) is 65.1 Å². The molecule has 0 saturated carbocycles. The van der Waals surface area contributed by atoms with Crippen molar-refractivity contribution in [1.29, 1.82) is 0 Å². The SMILES string of the molecule is COC(=O)[C@@]12C=C3CO[C@H]4CCCN(C1=O)[C@@]34O2. The molecule has 4 aliphatic heterocycles. The van der Waals surface area contributed by atoms with Crippen LogP contribution in [-0.4, -0.2) is 54.5 Å². The van der Waals surface area contributed by atoms with Crippen LogP contribution in [0, 0.1) is 0 Å². The number of hydrogen-bond acceptors (Lipinski definition) is 5. The standard InChI is InChI=1S/C12H13NO5/c1-16-10(15)11-5-7-6-17-8-3-2-4-13(9(11)14)12(7,8)18-11/h5,8H,2-4,6H2,1H3/t8-,11+,12+/m0/s1. The number of carbonyl (C=O) groups excluding carboxylic acids is 2. The third-order valence-electron chi connectivity index (χ3n) is 4.33. The van der Waals surface area contributed by atoms with E-state index in [1.54, 1.807) is 11.0 Å². The molecule has 4 heterocycles. The van der Waals surface area contributed by atoms with Gasteiger partial charge < -0.3 is 19.1 Å². The Hall–Kier alpha value is -1.40. The molecule has 0 aromatic carbocycles. The molecule has 3 atom stereocenters. The van der Waals surface area contributed by atoms with Crippen molar-refractivity contribution in [3.05, 3.63) is 11.6 Å². The Morgan fingerprint density at radius 1 is 1.61 bits per heavy atom. The smallest absolute Gasteiger partial charge is 0.352 e. The molecule has 1 amide bonds. The first-order chi connectivity index (χ1) is 8.65. The Morgan fingerprint density at radius 2 is 2.44 bits per heavy atom. The van der Waals surface area contributed by atoms with E-state index in [1.807, 2.05) is 0 Å². The minimum atomic E-state index is -1.56. The second-order valence-corrected chi connectivity index (χ2v) is 5.09. The summed E-state index contributed by atoms with van der Waals surface area (Å²) in [6.45, 7) is 1.03. The first-order valence-electron chi connectivity index (χ1n) is 6.09. The molecule has 18 heavy (non-hydrogen) atoms. The van der Waals surface area contributed by atoms with Crippen molar-refractivity contribution in [2.75, 3.05) is 20.3 Å². The number of ether oxygens (including phenoxy) is 3. The molecular formula is C12H13NO5. The first-order valence-corrected chi connectivity index (χ1v) is 6.09. The van der Waals surface area contributed by atoms with Crippen LogP contribution in [-0.2, 0) is 23.8 Å². The molecule has 0 radical (unpaired) electrons. The minimum absolute atomic E-state index is 0.157. The summed E-state index contributed by atoms with van der Waals surface area (Å²) in [5, 5.41) is 0. The first kappa shape index (κ1) is 10.5. The number of rotatable bonds is 1. The van der Waals surface area contributed by atoms with Crippen molar-refractivity contribution >= 4 is 11.9 Å². The van der Waals surface area contributed by atoms with Gasteiger partial charge in [0.15, 0.2) is 5.72 Å². The molecule has 6 nitrogen and oxygen atoms in total. The molecule has 0 unspecified atom stereocenters. The van der Waals surface area contributed by atoms with E-state index in [9.17, 15) is 9.59 Å². The summed E-state index contributed by atoms with van der Waals surface area (Å²) in [5.74, 6) is -0.953. The van der Waals surface area contributed by atoms with Crippen LogP contribution in [0.2, 0.25) is 0 Å². The third kappa shape index (κ3) is 0.843. The Morgan fingerprint density at radius 3 is 3.22 bits per heavy atom. The molecule has 4 rings (SSSR count). The summed E-state index contributed by atoms with van der Waals surface area (Å²) in [4.78, 5) is 26.0. The lowest BCUT2D eigenvalue weighted by atomic mass is 9.87. The Bertz CT molecular complexity index is 501. The quantitative estimate of drug-likeness (QED) is 0.360. The van der Waals surface area contributed by atoms with E-state index in [-0.39, 0.29) is 12.0 Å². The molecule has 96 valence electrons. The summed E-state index contributed by atoms with van der Waals surface area (Å²) in [5.41, 5.74) is -1.50. The van der Waals surface area contributed by atoms with Crippen molar-refractivity contribution in [1.82, 2.24) is 4.90 Å². The third-order valence-corrected chi connectivity index (χ3v) is 4.33. The summed E-state index contributed by atoms with van der Waals surface area (Å²) in [6, 6.07) is 0. The van der Waals surface area contributed by atoms with E-state index >= 15 is 0 Å². The maximum Gasteiger partial charge on any atom is 0.352 e. The number of hydrogen-bond donors (Lipinski definition) is 0. The lowest BCUT2D eigenvalue weighted by molar-refractivity contribution is -0.176. The highest BCUT2D eigenvalue weighted by Gasteiger charge is 2.75. The fraction of sp³-hybridized carbons (Fsp3) is 0.667. The van der Waals surface area contributed by atoms with E-state index in [0.717, 1.165) is 18.4 Å². The number of methoxy groups -OCH3 is 1. The van der Waals surface area contributed by atoms with E-state index in [4.69, 9.17) is 14.2 Å². The van der Waals surface area contributed by atoms with Crippen molar-refractivity contribution in [2.24, 2.45) is 0 Å². The van der Waals surface area contributed by atoms with Gasteiger partial charge in [0.2, 0.25) is 0 Å². The van der Waals surface area contributed by atoms with Crippen LogP contribution in [0.3, 0.4) is 0 Å². The molecular weight excluding hydrogens is 238 g/mol. The fourth-order valence-electron chi connectivity index (χ4n) is 3.59. The monoisotopic (exact) mass is 251 g/mol. The Kier molecular flexibility index (Phi) is 1.72. The molecule has 0 aliphatic carbocycles. The number of piperidine rings is 1. The zero-order valence-corrected chi connectivity index (χ0v) is 9.97. The van der Waals surface area contributed by atoms with Gasteiger partial charge in [0, 0.05) is 12.1 Å². The highest BCUT2D eigenvalue weighted by atomic mass is 16.6. The number of amides is 1. The zero-order valence-electron chi connectivity index (χ0n) is 9.97. The molecule has 3 fully saturated rings. The molecule has 0 N–H and O–H groups in total. The van der Waals surface area contributed by atoms with Crippen molar-refractivity contribution in [2.45, 2.75) is 30.3 Å². The van der Waals surface area contributed by atoms with E-state index in [0.29, 0.717) is 13.2 Å². The van der Waals surface area contributed by atoms with Crippen LogP contribution in [0.15, 0.2) is 11.6 Å². The van der Waals surface area contributed by atoms with E-state index in [1.165, 1.54) is 7.11 Å². The Balaban J connectivity index is 1.90. The Labute approximate surface area is 103 Å². The number of esters is 1. The predicted molar refractivity (Wildman–Crippen MR) is 57.3 cm³/mol. The highest BCUT2D eigenvalue weighted by molar-refractivity contribution is 6.12. The maximum atomic E-state index is 12.4. The minimum Gasteiger partial charge on any atom is -0.466 e. The van der Waals surface area contributed by atoms with Crippen LogP contribution >= 0.6 is 0 Å². The average Bonchev–Trinajstić information content (AvgIpc) is 2.96. The van der Waals surface area contributed by atoms with Gasteiger partial charge in [-0.1, -0.05) is 0 Å². The number of carbonyl (C=O) groups is 2. The van der Waals surface area contributed by atoms with Gasteiger partial charge in [-0.3, -0.25) is 4.79 Å². The van der Waals surface area contributed by atoms with Gasteiger partial charge in [-0.2, -0.15) is 0 Å². The van der Waals surface area contributed by atoms with Gasteiger partial charge >= 0.3 is 5.97 Å². The van der Waals surface area contributed by atoms with Crippen molar-refractivity contribution in [3.8, 4) is 0 Å². The van der Waals surface area contributed by atoms with Crippen LogP contribution in [0.5, 0.6) is 0 Å². The second kappa shape index (κ2) is 2.95. The van der Waals surface area contributed by atoms with Gasteiger partial charge in [-0.05, 0) is 18.9 Å². The molecule has 4 aliphatic rings. The van der Waals surface area contributed by atoms with Crippen LogP contribution in [0.4, 0.5) is 0 Å². The van der Waals surface area contributed by atoms with Crippen LogP contribution in [0.25, 0.3) is 0 Å². The van der Waals surface area contributed by atoms with Crippen molar-refractivity contribution < 1.29 is 23.8 Å². The lowest BCUT2D eigenvalue weighted by Gasteiger charge is -2.41. The normalized spacial score (nSPS) is 44.1. The molecule has 1 spiro atoms. The van der Waals surface area contributed by atoms with E-state index in [2.05, 4.69) is 0 Å². The van der Waals surface area contributed by atoms with Gasteiger partial charge in [0.05, 0.1) is 13.7 Å². The zero-order chi connectivity index (χ0) is 12.5. The van der Waals surface area contributed by atoms with Gasteiger partial charge in [-0.25, -0.2) is 4.79 Å². The number of nitrogens with zero attached hydrogens (tertiary/aromatic N) is 1. The van der Waals surface area contributed by atoms with Crippen LogP contribution < -0.4 is 0 Å². The van der Waals surface area contributed by atoms with Crippen molar-refractivity contribution in [3.63, 3.8) is 0 Å². The second-order valence-electron chi connectivity index (χ2n) is 5.09. The molecule has 0 aromatic rings.